The van der Waals surface area contributed by atoms with E-state index < -0.39 is 0 Å². The summed E-state index contributed by atoms with van der Waals surface area (Å²) in [6.45, 7) is 3.72. The van der Waals surface area contributed by atoms with E-state index >= 15 is 0 Å². The molecule has 0 unspecified atom stereocenters. The van der Waals surface area contributed by atoms with Crippen LogP contribution in [-0.4, -0.2) is 11.7 Å². The Hall–Kier alpha value is -1.06. The smallest absolute Gasteiger partial charge is 0.183 e. The van der Waals surface area contributed by atoms with Gasteiger partial charge in [-0.1, -0.05) is 13.3 Å². The largest absolute Gasteiger partial charge is 0.370 e. The number of unbranched alkanes of at least 4 members (excludes halogenated alkanes) is 1. The van der Waals surface area contributed by atoms with Crippen molar-refractivity contribution >= 4 is 11.7 Å². The van der Waals surface area contributed by atoms with Crippen LogP contribution in [0.1, 0.15) is 33.1 Å². The van der Waals surface area contributed by atoms with E-state index in [0.717, 1.165) is 19.3 Å². The van der Waals surface area contributed by atoms with Crippen LogP contribution in [0.2, 0.25) is 0 Å². The molecule has 4 nitrogen and oxygen atoms in total. The molecule has 0 rings (SSSR count). The highest BCUT2D eigenvalue weighted by atomic mass is 16.1. The van der Waals surface area contributed by atoms with Crippen molar-refractivity contribution in [2.75, 3.05) is 0 Å². The average Bonchev–Trinajstić information content (AvgIpc) is 1.82. The summed E-state index contributed by atoms with van der Waals surface area (Å²) in [6.07, 6.45) is 2.94. The van der Waals surface area contributed by atoms with Crippen molar-refractivity contribution in [3.8, 4) is 0 Å². The Balaban J connectivity index is 0. The summed E-state index contributed by atoms with van der Waals surface area (Å²) in [5.74, 6) is -0.0261. The molecule has 0 aliphatic rings. The fraction of sp³-hybridized carbons (Fsp3) is 0.714. The van der Waals surface area contributed by atoms with E-state index in [-0.39, 0.29) is 5.96 Å². The Kier molecular flexibility index (Phi) is 10.2. The Bertz CT molecular complexity index is 119. The average molecular weight is 159 g/mol. The monoisotopic (exact) mass is 159 g/mol. The van der Waals surface area contributed by atoms with E-state index in [4.69, 9.17) is 5.41 Å². The maximum absolute atomic E-state index is 10.2. The number of Topliss-reactive ketones (excluding diaryl/α,β-unsaturated/α-hetero) is 1. The van der Waals surface area contributed by atoms with Crippen molar-refractivity contribution in [1.82, 2.24) is 0 Å². The quantitative estimate of drug-likeness (QED) is 0.416. The Morgan fingerprint density at radius 1 is 1.45 bits per heavy atom. The van der Waals surface area contributed by atoms with E-state index in [1.807, 2.05) is 0 Å². The fourth-order valence-corrected chi connectivity index (χ4v) is 0.426. The summed E-state index contributed by atoms with van der Waals surface area (Å²) in [5, 5.41) is 6.06. The first-order valence-electron chi connectivity index (χ1n) is 3.59. The lowest BCUT2D eigenvalue weighted by Crippen LogP contribution is -2.20. The number of carbonyl (C=O) groups is 1. The van der Waals surface area contributed by atoms with Crippen molar-refractivity contribution in [3.63, 3.8) is 0 Å². The SMILES string of the molecule is CCCCC(C)=O.N=C(N)N. The van der Waals surface area contributed by atoms with Gasteiger partial charge in [0.25, 0.3) is 0 Å². The predicted molar refractivity (Wildman–Crippen MR) is 46.3 cm³/mol. The molecule has 0 aliphatic heterocycles. The van der Waals surface area contributed by atoms with Gasteiger partial charge in [0.05, 0.1) is 0 Å². The normalized spacial score (nSPS) is 7.82. The number of rotatable bonds is 3. The molecule has 66 valence electrons. The highest BCUT2D eigenvalue weighted by molar-refractivity contribution is 5.75. The van der Waals surface area contributed by atoms with Crippen LogP contribution in [0.3, 0.4) is 0 Å². The Labute approximate surface area is 67.5 Å². The molecule has 0 fully saturated rings. The van der Waals surface area contributed by atoms with E-state index in [1.165, 1.54) is 0 Å². The van der Waals surface area contributed by atoms with E-state index in [9.17, 15) is 4.79 Å². The first-order chi connectivity index (χ1) is 5.00. The minimum absolute atomic E-state index is 0.307. The first-order valence-corrected chi connectivity index (χ1v) is 3.59. The first kappa shape index (κ1) is 12.6. The van der Waals surface area contributed by atoms with Gasteiger partial charge >= 0.3 is 0 Å². The molecule has 4 heteroatoms. The third-order valence-corrected chi connectivity index (χ3v) is 0.882. The van der Waals surface area contributed by atoms with Gasteiger partial charge in [0.2, 0.25) is 0 Å². The summed E-state index contributed by atoms with van der Waals surface area (Å²) in [7, 11) is 0. The number of ketones is 1. The molecular weight excluding hydrogens is 142 g/mol. The molecular formula is C7H17N3O. The van der Waals surface area contributed by atoms with Crippen LogP contribution in [0, 0.1) is 5.41 Å². The number of hydrogen-bond donors (Lipinski definition) is 3. The molecule has 0 heterocycles. The minimum atomic E-state index is -0.333. The number of nitrogens with two attached hydrogens (primary N) is 2. The zero-order chi connectivity index (χ0) is 9.28. The molecule has 0 atom stereocenters. The molecule has 0 bridgehead atoms. The second kappa shape index (κ2) is 8.94. The zero-order valence-corrected chi connectivity index (χ0v) is 7.18. The van der Waals surface area contributed by atoms with Crippen LogP contribution in [-0.2, 0) is 4.79 Å². The van der Waals surface area contributed by atoms with Gasteiger partial charge in [-0.15, -0.1) is 0 Å². The molecule has 0 amide bonds. The number of hydrogen-bond acceptors (Lipinski definition) is 2. The summed E-state index contributed by atoms with van der Waals surface area (Å²) in [4.78, 5) is 10.2. The Morgan fingerprint density at radius 3 is 1.91 bits per heavy atom. The minimum Gasteiger partial charge on any atom is -0.370 e. The predicted octanol–water partition coefficient (Wildman–Crippen LogP) is 0.604. The van der Waals surface area contributed by atoms with Crippen molar-refractivity contribution < 1.29 is 4.79 Å². The van der Waals surface area contributed by atoms with Gasteiger partial charge in [0, 0.05) is 6.42 Å². The molecule has 0 aromatic rings. The Morgan fingerprint density at radius 2 is 1.82 bits per heavy atom. The second-order valence-corrected chi connectivity index (χ2v) is 2.26. The van der Waals surface area contributed by atoms with Crippen LogP contribution in [0.4, 0.5) is 0 Å². The van der Waals surface area contributed by atoms with Crippen LogP contribution in [0.5, 0.6) is 0 Å². The van der Waals surface area contributed by atoms with E-state index in [0.29, 0.717) is 5.78 Å². The van der Waals surface area contributed by atoms with Crippen molar-refractivity contribution in [2.24, 2.45) is 11.5 Å². The van der Waals surface area contributed by atoms with Crippen molar-refractivity contribution in [3.05, 3.63) is 0 Å². The maximum Gasteiger partial charge on any atom is 0.183 e. The van der Waals surface area contributed by atoms with Crippen LogP contribution < -0.4 is 11.5 Å². The van der Waals surface area contributed by atoms with E-state index in [1.54, 1.807) is 6.92 Å². The van der Waals surface area contributed by atoms with Crippen molar-refractivity contribution in [2.45, 2.75) is 33.1 Å². The highest BCUT2D eigenvalue weighted by Crippen LogP contribution is 1.92. The fourth-order valence-electron chi connectivity index (χ4n) is 0.426. The number of guanidine groups is 1. The molecule has 0 aromatic heterocycles. The van der Waals surface area contributed by atoms with Gasteiger partial charge in [-0.25, -0.2) is 0 Å². The molecule has 0 aromatic carbocycles. The highest BCUT2D eigenvalue weighted by Gasteiger charge is 1.87. The zero-order valence-electron chi connectivity index (χ0n) is 7.18. The van der Waals surface area contributed by atoms with Gasteiger partial charge in [-0.3, -0.25) is 5.41 Å². The number of carbonyl (C=O) groups excluding carboxylic acids is 1. The maximum atomic E-state index is 10.2. The molecule has 0 spiro atoms. The summed E-state index contributed by atoms with van der Waals surface area (Å²) in [6, 6.07) is 0. The summed E-state index contributed by atoms with van der Waals surface area (Å²) in [5.41, 5.74) is 8.94. The third-order valence-electron chi connectivity index (χ3n) is 0.882. The lowest BCUT2D eigenvalue weighted by molar-refractivity contribution is -0.117. The van der Waals surface area contributed by atoms with Gasteiger partial charge in [0.1, 0.15) is 5.78 Å². The number of nitrogens with one attached hydrogen (secondary N) is 1. The molecule has 0 aliphatic carbocycles. The van der Waals surface area contributed by atoms with Crippen LogP contribution in [0.25, 0.3) is 0 Å². The molecule has 5 N–H and O–H groups in total. The van der Waals surface area contributed by atoms with E-state index in [2.05, 4.69) is 18.4 Å². The second-order valence-electron chi connectivity index (χ2n) is 2.26. The summed E-state index contributed by atoms with van der Waals surface area (Å²) < 4.78 is 0. The lowest BCUT2D eigenvalue weighted by Gasteiger charge is -1.86. The molecule has 11 heavy (non-hydrogen) atoms. The molecule has 0 saturated heterocycles. The summed E-state index contributed by atoms with van der Waals surface area (Å²) >= 11 is 0. The van der Waals surface area contributed by atoms with Gasteiger partial charge in [-0.2, -0.15) is 0 Å². The molecule has 0 radical (unpaired) electrons. The molecule has 0 saturated carbocycles. The van der Waals surface area contributed by atoms with Gasteiger partial charge in [0.15, 0.2) is 5.96 Å². The van der Waals surface area contributed by atoms with Gasteiger partial charge < -0.3 is 16.3 Å². The standard InChI is InChI=1S/C6H12O.CH5N3/c1-3-4-5-6(2)7;2-1(3)4/h3-5H2,1-2H3;(H5,2,3,4). The topological polar surface area (TPSA) is 93.0 Å². The lowest BCUT2D eigenvalue weighted by atomic mass is 10.2. The van der Waals surface area contributed by atoms with Crippen LogP contribution >= 0.6 is 0 Å². The van der Waals surface area contributed by atoms with Crippen molar-refractivity contribution in [1.29, 1.82) is 5.41 Å². The third kappa shape index (κ3) is 49.8. The van der Waals surface area contributed by atoms with Gasteiger partial charge in [-0.05, 0) is 13.3 Å². The van der Waals surface area contributed by atoms with Crippen LogP contribution in [0.15, 0.2) is 0 Å².